The second-order valence-corrected chi connectivity index (χ2v) is 5.66. The smallest absolute Gasteiger partial charge is 0.334 e. The lowest BCUT2D eigenvalue weighted by atomic mass is 9.72. The molecule has 0 heterocycles. The lowest BCUT2D eigenvalue weighted by Gasteiger charge is -2.38. The Morgan fingerprint density at radius 3 is 2.32 bits per heavy atom. The quantitative estimate of drug-likeness (QED) is 0.863. The predicted molar refractivity (Wildman–Crippen MR) is 67.3 cm³/mol. The molecule has 1 fully saturated rings. The highest BCUT2D eigenvalue weighted by Gasteiger charge is 2.39. The van der Waals surface area contributed by atoms with Crippen LogP contribution in [-0.4, -0.2) is 36.1 Å². The molecule has 0 saturated heterocycles. The summed E-state index contributed by atoms with van der Waals surface area (Å²) >= 11 is 0. The largest absolute Gasteiger partial charge is 0.406 e. The van der Waals surface area contributed by atoms with Crippen molar-refractivity contribution in [3.63, 3.8) is 0 Å². The third-order valence-corrected chi connectivity index (χ3v) is 4.07. The molecule has 3 nitrogen and oxygen atoms in total. The average molecular weight is 280 g/mol. The molecule has 1 saturated carbocycles. The number of amides is 1. The van der Waals surface area contributed by atoms with Crippen LogP contribution in [0.15, 0.2) is 0 Å². The lowest BCUT2D eigenvalue weighted by Crippen LogP contribution is -2.48. The topological polar surface area (TPSA) is 46.3 Å². The molecule has 0 spiro atoms. The van der Waals surface area contributed by atoms with E-state index in [1.165, 1.54) is 0 Å². The standard InChI is InChI=1S/C13H23F3N2O/c1-4-18(7-13(14,15)16)12(19)10-6-11(17)9(3)5-8(10)2/h8-11H,4-7,17H2,1-3H3. The highest BCUT2D eigenvalue weighted by Crippen LogP contribution is 2.34. The van der Waals surface area contributed by atoms with Gasteiger partial charge in [0.1, 0.15) is 6.54 Å². The number of carbonyl (C=O) groups is 1. The van der Waals surface area contributed by atoms with E-state index in [9.17, 15) is 18.0 Å². The normalized spacial score (nSPS) is 32.2. The summed E-state index contributed by atoms with van der Waals surface area (Å²) in [6.07, 6.45) is -3.07. The molecular formula is C13H23F3N2O. The highest BCUT2D eigenvalue weighted by molar-refractivity contribution is 5.79. The van der Waals surface area contributed by atoms with Crippen LogP contribution in [0, 0.1) is 17.8 Å². The maximum absolute atomic E-state index is 12.4. The fraction of sp³-hybridized carbons (Fsp3) is 0.923. The van der Waals surface area contributed by atoms with Crippen molar-refractivity contribution in [1.82, 2.24) is 4.90 Å². The molecule has 6 heteroatoms. The van der Waals surface area contributed by atoms with Crippen LogP contribution in [0.5, 0.6) is 0 Å². The zero-order valence-electron chi connectivity index (χ0n) is 11.7. The van der Waals surface area contributed by atoms with Gasteiger partial charge in [0.25, 0.3) is 0 Å². The first kappa shape index (κ1) is 16.3. The van der Waals surface area contributed by atoms with E-state index in [4.69, 9.17) is 5.73 Å². The van der Waals surface area contributed by atoms with Crippen LogP contribution in [0.3, 0.4) is 0 Å². The van der Waals surface area contributed by atoms with Gasteiger partial charge >= 0.3 is 6.18 Å². The van der Waals surface area contributed by atoms with Crippen LogP contribution >= 0.6 is 0 Å². The van der Waals surface area contributed by atoms with Gasteiger partial charge in [0.05, 0.1) is 0 Å². The number of hydrogen-bond donors (Lipinski definition) is 1. The molecule has 0 bridgehead atoms. The van der Waals surface area contributed by atoms with Gasteiger partial charge in [0.2, 0.25) is 5.91 Å². The molecular weight excluding hydrogens is 257 g/mol. The Morgan fingerprint density at radius 1 is 1.26 bits per heavy atom. The molecule has 1 amide bonds. The van der Waals surface area contributed by atoms with E-state index in [0.717, 1.165) is 11.3 Å². The molecule has 0 aromatic heterocycles. The van der Waals surface area contributed by atoms with E-state index >= 15 is 0 Å². The van der Waals surface area contributed by atoms with Crippen molar-refractivity contribution in [1.29, 1.82) is 0 Å². The van der Waals surface area contributed by atoms with Gasteiger partial charge in [0, 0.05) is 18.5 Å². The van der Waals surface area contributed by atoms with Crippen molar-refractivity contribution in [2.45, 2.75) is 45.8 Å². The van der Waals surface area contributed by atoms with Gasteiger partial charge in [0.15, 0.2) is 0 Å². The van der Waals surface area contributed by atoms with Crippen molar-refractivity contribution < 1.29 is 18.0 Å². The maximum atomic E-state index is 12.4. The minimum Gasteiger partial charge on any atom is -0.334 e. The second-order valence-electron chi connectivity index (χ2n) is 5.66. The number of rotatable bonds is 3. The van der Waals surface area contributed by atoms with Crippen LogP contribution < -0.4 is 5.73 Å². The molecule has 0 radical (unpaired) electrons. The molecule has 0 aliphatic heterocycles. The fourth-order valence-corrected chi connectivity index (χ4v) is 2.82. The Bertz CT molecular complexity index is 320. The first-order valence-electron chi connectivity index (χ1n) is 6.76. The Hall–Kier alpha value is -0.780. The fourth-order valence-electron chi connectivity index (χ4n) is 2.82. The molecule has 0 aromatic rings. The number of carbonyl (C=O) groups excluding carboxylic acids is 1. The summed E-state index contributed by atoms with van der Waals surface area (Å²) in [4.78, 5) is 13.1. The van der Waals surface area contributed by atoms with Gasteiger partial charge in [-0.15, -0.1) is 0 Å². The number of alkyl halides is 3. The van der Waals surface area contributed by atoms with Crippen molar-refractivity contribution in [2.75, 3.05) is 13.1 Å². The van der Waals surface area contributed by atoms with Crippen LogP contribution in [0.4, 0.5) is 13.2 Å². The summed E-state index contributed by atoms with van der Waals surface area (Å²) in [5, 5.41) is 0. The van der Waals surface area contributed by atoms with Crippen LogP contribution in [-0.2, 0) is 4.79 Å². The van der Waals surface area contributed by atoms with Gasteiger partial charge in [-0.1, -0.05) is 13.8 Å². The molecule has 4 unspecified atom stereocenters. The lowest BCUT2D eigenvalue weighted by molar-refractivity contribution is -0.165. The summed E-state index contributed by atoms with van der Waals surface area (Å²) in [7, 11) is 0. The van der Waals surface area contributed by atoms with E-state index < -0.39 is 18.6 Å². The van der Waals surface area contributed by atoms with E-state index in [0.29, 0.717) is 12.3 Å². The van der Waals surface area contributed by atoms with Gasteiger partial charge in [-0.3, -0.25) is 4.79 Å². The Morgan fingerprint density at radius 2 is 1.84 bits per heavy atom. The molecule has 0 aromatic carbocycles. The third kappa shape index (κ3) is 4.37. The van der Waals surface area contributed by atoms with E-state index in [2.05, 4.69) is 0 Å². The van der Waals surface area contributed by atoms with Gasteiger partial charge in [-0.25, -0.2) is 0 Å². The number of hydrogen-bond acceptors (Lipinski definition) is 2. The molecule has 1 rings (SSSR count). The zero-order chi connectivity index (χ0) is 14.8. The summed E-state index contributed by atoms with van der Waals surface area (Å²) < 4.78 is 37.3. The minimum atomic E-state index is -4.35. The average Bonchev–Trinajstić information content (AvgIpc) is 2.28. The summed E-state index contributed by atoms with van der Waals surface area (Å²) in [5.41, 5.74) is 5.94. The second kappa shape index (κ2) is 6.11. The number of halogens is 3. The van der Waals surface area contributed by atoms with Crippen molar-refractivity contribution in [3.05, 3.63) is 0 Å². The first-order valence-corrected chi connectivity index (χ1v) is 6.76. The van der Waals surface area contributed by atoms with Gasteiger partial charge in [-0.05, 0) is 31.6 Å². The van der Waals surface area contributed by atoms with E-state index in [1.54, 1.807) is 6.92 Å². The zero-order valence-corrected chi connectivity index (χ0v) is 11.7. The molecule has 1 aliphatic carbocycles. The monoisotopic (exact) mass is 280 g/mol. The van der Waals surface area contributed by atoms with Gasteiger partial charge in [-0.2, -0.15) is 13.2 Å². The van der Waals surface area contributed by atoms with Crippen molar-refractivity contribution in [2.24, 2.45) is 23.5 Å². The van der Waals surface area contributed by atoms with Crippen molar-refractivity contribution in [3.8, 4) is 0 Å². The van der Waals surface area contributed by atoms with Crippen LogP contribution in [0.2, 0.25) is 0 Å². The molecule has 112 valence electrons. The van der Waals surface area contributed by atoms with E-state index in [-0.39, 0.29) is 24.4 Å². The SMILES string of the molecule is CCN(CC(F)(F)F)C(=O)C1CC(N)C(C)CC1C. The third-order valence-electron chi connectivity index (χ3n) is 4.07. The van der Waals surface area contributed by atoms with Crippen LogP contribution in [0.1, 0.15) is 33.6 Å². The molecule has 4 atom stereocenters. The summed E-state index contributed by atoms with van der Waals surface area (Å²) in [5.74, 6) is -0.385. The number of nitrogens with zero attached hydrogens (tertiary/aromatic N) is 1. The Labute approximate surface area is 112 Å². The number of nitrogens with two attached hydrogens (primary N) is 1. The van der Waals surface area contributed by atoms with Gasteiger partial charge < -0.3 is 10.6 Å². The summed E-state index contributed by atoms with van der Waals surface area (Å²) in [6.45, 7) is 4.42. The first-order chi connectivity index (χ1) is 8.65. The minimum absolute atomic E-state index is 0.0757. The predicted octanol–water partition coefficient (Wildman–Crippen LogP) is 2.41. The van der Waals surface area contributed by atoms with Crippen molar-refractivity contribution >= 4 is 5.91 Å². The van der Waals surface area contributed by atoms with E-state index in [1.807, 2.05) is 13.8 Å². The van der Waals surface area contributed by atoms with Crippen LogP contribution in [0.25, 0.3) is 0 Å². The Kier molecular flexibility index (Phi) is 5.24. The molecule has 1 aliphatic rings. The molecule has 2 N–H and O–H groups in total. The highest BCUT2D eigenvalue weighted by atomic mass is 19.4. The Balaban J connectivity index is 2.74. The summed E-state index contributed by atoms with van der Waals surface area (Å²) in [6, 6.07) is -0.102. The maximum Gasteiger partial charge on any atom is 0.406 e. The molecule has 19 heavy (non-hydrogen) atoms.